The maximum absolute atomic E-state index is 11.4. The van der Waals surface area contributed by atoms with Gasteiger partial charge in [-0.2, -0.15) is 0 Å². The average Bonchev–Trinajstić information content (AvgIpc) is 3.12. The number of halogens is 1. The van der Waals surface area contributed by atoms with Crippen LogP contribution in [0, 0.1) is 10.1 Å². The van der Waals surface area contributed by atoms with E-state index < -0.39 is 11.0 Å². The van der Waals surface area contributed by atoms with E-state index >= 15 is 0 Å². The SMILES string of the molecule is CC(OC=O)c1cn(Cc2ccc(Cl)s2)c2cccc([N+](=O)[O-])c12. The van der Waals surface area contributed by atoms with Crippen LogP contribution in [0.5, 0.6) is 0 Å². The second-order valence-electron chi connectivity index (χ2n) is 5.22. The molecule has 1 unspecified atom stereocenters. The topological polar surface area (TPSA) is 74.4 Å². The number of non-ortho nitro benzene ring substituents is 1. The molecule has 0 fully saturated rings. The average molecular weight is 365 g/mol. The van der Waals surface area contributed by atoms with Gasteiger partial charge < -0.3 is 9.30 Å². The molecule has 24 heavy (non-hydrogen) atoms. The van der Waals surface area contributed by atoms with Crippen molar-refractivity contribution in [1.29, 1.82) is 0 Å². The lowest BCUT2D eigenvalue weighted by atomic mass is 10.1. The van der Waals surface area contributed by atoms with Crippen LogP contribution < -0.4 is 0 Å². The fourth-order valence-corrected chi connectivity index (χ4v) is 3.80. The van der Waals surface area contributed by atoms with Gasteiger partial charge in [-0.1, -0.05) is 17.7 Å². The zero-order valence-electron chi connectivity index (χ0n) is 12.6. The Hall–Kier alpha value is -2.38. The number of ether oxygens (including phenoxy) is 1. The minimum absolute atomic E-state index is 0.00758. The number of fused-ring (bicyclic) bond motifs is 1. The van der Waals surface area contributed by atoms with Gasteiger partial charge in [0.1, 0.15) is 6.10 Å². The summed E-state index contributed by atoms with van der Waals surface area (Å²) in [7, 11) is 0. The van der Waals surface area contributed by atoms with Crippen LogP contribution in [0.15, 0.2) is 36.5 Å². The monoisotopic (exact) mass is 364 g/mol. The number of carbonyl (C=O) groups is 1. The number of aromatic nitrogens is 1. The van der Waals surface area contributed by atoms with Gasteiger partial charge in [-0.25, -0.2) is 0 Å². The van der Waals surface area contributed by atoms with Crippen molar-refractivity contribution in [3.63, 3.8) is 0 Å². The van der Waals surface area contributed by atoms with Crippen molar-refractivity contribution < 1.29 is 14.5 Å². The second-order valence-corrected chi connectivity index (χ2v) is 7.02. The van der Waals surface area contributed by atoms with E-state index in [4.69, 9.17) is 16.3 Å². The molecule has 0 bridgehead atoms. The Morgan fingerprint density at radius 1 is 1.42 bits per heavy atom. The Kier molecular flexibility index (Phi) is 4.55. The van der Waals surface area contributed by atoms with Gasteiger partial charge in [-0.05, 0) is 25.1 Å². The summed E-state index contributed by atoms with van der Waals surface area (Å²) in [5.41, 5.74) is 1.31. The van der Waals surface area contributed by atoms with Crippen LogP contribution in [-0.2, 0) is 16.1 Å². The van der Waals surface area contributed by atoms with Crippen molar-refractivity contribution in [2.24, 2.45) is 0 Å². The van der Waals surface area contributed by atoms with E-state index in [0.29, 0.717) is 33.8 Å². The number of carbonyl (C=O) groups excluding carboxylic acids is 1. The highest BCUT2D eigenvalue weighted by atomic mass is 35.5. The summed E-state index contributed by atoms with van der Waals surface area (Å²) in [6, 6.07) is 8.64. The van der Waals surface area contributed by atoms with E-state index in [1.54, 1.807) is 19.2 Å². The number of hydrogen-bond acceptors (Lipinski definition) is 5. The van der Waals surface area contributed by atoms with Crippen LogP contribution in [0.25, 0.3) is 10.9 Å². The Morgan fingerprint density at radius 3 is 2.83 bits per heavy atom. The summed E-state index contributed by atoms with van der Waals surface area (Å²) in [5.74, 6) is 0. The van der Waals surface area contributed by atoms with E-state index in [1.165, 1.54) is 17.4 Å². The maximum Gasteiger partial charge on any atom is 0.293 e. The molecule has 0 spiro atoms. The Bertz CT molecular complexity index is 918. The number of hydrogen-bond donors (Lipinski definition) is 0. The van der Waals surface area contributed by atoms with Gasteiger partial charge in [0.2, 0.25) is 0 Å². The summed E-state index contributed by atoms with van der Waals surface area (Å²) >= 11 is 7.42. The molecule has 6 nitrogen and oxygen atoms in total. The number of rotatable bonds is 6. The Labute approximate surface area is 146 Å². The van der Waals surface area contributed by atoms with Gasteiger partial charge in [0, 0.05) is 22.7 Å². The number of benzene rings is 1. The van der Waals surface area contributed by atoms with Crippen molar-refractivity contribution in [3.05, 3.63) is 61.4 Å². The molecule has 1 aromatic carbocycles. The number of nitrogens with zero attached hydrogens (tertiary/aromatic N) is 2. The maximum atomic E-state index is 11.4. The van der Waals surface area contributed by atoms with Gasteiger partial charge in [0.05, 0.1) is 26.7 Å². The molecule has 0 N–H and O–H groups in total. The minimum Gasteiger partial charge on any atom is -0.460 e. The number of thiophene rings is 1. The molecule has 0 saturated heterocycles. The molecule has 0 amide bonds. The highest BCUT2D eigenvalue weighted by Crippen LogP contribution is 2.35. The zero-order valence-corrected chi connectivity index (χ0v) is 14.2. The lowest BCUT2D eigenvalue weighted by Gasteiger charge is -2.07. The van der Waals surface area contributed by atoms with Gasteiger partial charge in [0.15, 0.2) is 0 Å². The molecular weight excluding hydrogens is 352 g/mol. The van der Waals surface area contributed by atoms with Crippen molar-refractivity contribution in [2.75, 3.05) is 0 Å². The van der Waals surface area contributed by atoms with Gasteiger partial charge in [-0.3, -0.25) is 14.9 Å². The molecule has 0 radical (unpaired) electrons. The first kappa shape index (κ1) is 16.5. The molecule has 0 saturated carbocycles. The normalized spacial score (nSPS) is 12.2. The third-order valence-electron chi connectivity index (χ3n) is 3.76. The summed E-state index contributed by atoms with van der Waals surface area (Å²) < 4.78 is 7.60. The molecule has 3 rings (SSSR count). The predicted molar refractivity (Wildman–Crippen MR) is 92.6 cm³/mol. The van der Waals surface area contributed by atoms with Crippen LogP contribution in [0.1, 0.15) is 23.5 Å². The first-order valence-corrected chi connectivity index (χ1v) is 8.30. The largest absolute Gasteiger partial charge is 0.460 e. The molecule has 0 aliphatic rings. The van der Waals surface area contributed by atoms with Gasteiger partial charge in [0.25, 0.3) is 12.2 Å². The van der Waals surface area contributed by atoms with Crippen molar-refractivity contribution in [1.82, 2.24) is 4.57 Å². The van der Waals surface area contributed by atoms with Crippen molar-refractivity contribution in [3.8, 4) is 0 Å². The van der Waals surface area contributed by atoms with Gasteiger partial charge >= 0.3 is 0 Å². The molecular formula is C16H13ClN2O4S. The highest BCUT2D eigenvalue weighted by Gasteiger charge is 2.23. The Balaban J connectivity index is 2.17. The lowest BCUT2D eigenvalue weighted by Crippen LogP contribution is -1.99. The quantitative estimate of drug-likeness (QED) is 0.365. The first-order chi connectivity index (χ1) is 11.5. The third kappa shape index (κ3) is 3.00. The Morgan fingerprint density at radius 2 is 2.21 bits per heavy atom. The summed E-state index contributed by atoms with van der Waals surface area (Å²) in [4.78, 5) is 22.7. The zero-order chi connectivity index (χ0) is 17.3. The molecule has 124 valence electrons. The van der Waals surface area contributed by atoms with Crippen LogP contribution in [0.3, 0.4) is 0 Å². The second kappa shape index (κ2) is 6.62. The minimum atomic E-state index is -0.584. The summed E-state index contributed by atoms with van der Waals surface area (Å²) in [6.45, 7) is 2.57. The van der Waals surface area contributed by atoms with E-state index in [1.807, 2.05) is 22.8 Å². The molecule has 0 aliphatic carbocycles. The number of nitro benzene ring substituents is 1. The predicted octanol–water partition coefficient (Wildman–Crippen LogP) is 4.55. The smallest absolute Gasteiger partial charge is 0.293 e. The van der Waals surface area contributed by atoms with Crippen LogP contribution in [-0.4, -0.2) is 16.0 Å². The molecule has 0 aliphatic heterocycles. The standard InChI is InChI=1S/C16H13ClN2O4S/c1-10(23-9-20)12-8-18(7-11-5-6-15(17)24-11)13-3-2-4-14(16(12)13)19(21)22/h2-6,8-10H,7H2,1H3. The molecule has 2 heterocycles. The summed E-state index contributed by atoms with van der Waals surface area (Å²) in [5, 5.41) is 11.9. The fourth-order valence-electron chi connectivity index (χ4n) is 2.72. The van der Waals surface area contributed by atoms with E-state index in [9.17, 15) is 14.9 Å². The van der Waals surface area contributed by atoms with Crippen molar-refractivity contribution >= 4 is 46.0 Å². The first-order valence-electron chi connectivity index (χ1n) is 7.10. The fraction of sp³-hybridized carbons (Fsp3) is 0.188. The van der Waals surface area contributed by atoms with E-state index in [-0.39, 0.29) is 5.69 Å². The van der Waals surface area contributed by atoms with E-state index in [0.717, 1.165) is 4.88 Å². The molecule has 8 heteroatoms. The van der Waals surface area contributed by atoms with Gasteiger partial charge in [-0.15, -0.1) is 11.3 Å². The molecule has 2 aromatic heterocycles. The van der Waals surface area contributed by atoms with E-state index in [2.05, 4.69) is 0 Å². The van der Waals surface area contributed by atoms with Crippen molar-refractivity contribution in [2.45, 2.75) is 19.6 Å². The highest BCUT2D eigenvalue weighted by molar-refractivity contribution is 7.16. The van der Waals surface area contributed by atoms with Crippen LogP contribution in [0.4, 0.5) is 5.69 Å². The lowest BCUT2D eigenvalue weighted by molar-refractivity contribution is -0.383. The van der Waals surface area contributed by atoms with Crippen LogP contribution in [0.2, 0.25) is 4.34 Å². The van der Waals surface area contributed by atoms with Crippen LogP contribution >= 0.6 is 22.9 Å². The summed E-state index contributed by atoms with van der Waals surface area (Å²) in [6.07, 6.45) is 1.21. The molecule has 3 aromatic rings. The number of nitro groups is 1. The molecule has 1 atom stereocenters. The third-order valence-corrected chi connectivity index (χ3v) is 4.98.